The van der Waals surface area contributed by atoms with Gasteiger partial charge in [-0.1, -0.05) is 18.7 Å². The molecule has 2 unspecified atom stereocenters. The van der Waals surface area contributed by atoms with E-state index in [1.165, 1.54) is 12.1 Å². The number of carbonyl (C=O) groups excluding carboxylic acids is 2. The van der Waals surface area contributed by atoms with E-state index in [1.54, 1.807) is 27.8 Å². The molecule has 7 nitrogen and oxygen atoms in total. The zero-order valence-corrected chi connectivity index (χ0v) is 18.6. The molecule has 1 aromatic carbocycles. The molecule has 2 atom stereocenters. The SMILES string of the molecule is C=CC(=O)N1CCCC(C(=O)N2CCOCC2c2c(C)nn(-c3ccccc3F)c2C)C1. The number of halogens is 1. The highest BCUT2D eigenvalue weighted by Gasteiger charge is 2.37. The van der Waals surface area contributed by atoms with Crippen LogP contribution < -0.4 is 0 Å². The molecule has 0 aliphatic carbocycles. The van der Waals surface area contributed by atoms with Crippen LogP contribution in [0, 0.1) is 25.6 Å². The standard InChI is InChI=1S/C24H29FN4O3/c1-4-22(30)27-11-7-8-18(14-27)24(31)28-12-13-32-15-21(28)23-16(2)26-29(17(23)3)20-10-6-5-9-19(20)25/h4-6,9-10,18,21H,1,7-8,11-15H2,2-3H3. The first kappa shape index (κ1) is 22.2. The van der Waals surface area contributed by atoms with Gasteiger partial charge in [-0.3, -0.25) is 9.59 Å². The maximum atomic E-state index is 14.4. The summed E-state index contributed by atoms with van der Waals surface area (Å²) >= 11 is 0. The lowest BCUT2D eigenvalue weighted by atomic mass is 9.94. The van der Waals surface area contributed by atoms with Gasteiger partial charge in [0.1, 0.15) is 11.5 Å². The fourth-order valence-electron chi connectivity index (χ4n) is 4.84. The van der Waals surface area contributed by atoms with E-state index in [4.69, 9.17) is 4.74 Å². The number of morpholine rings is 1. The van der Waals surface area contributed by atoms with Gasteiger partial charge in [-0.25, -0.2) is 9.07 Å². The highest BCUT2D eigenvalue weighted by atomic mass is 19.1. The van der Waals surface area contributed by atoms with Gasteiger partial charge in [0.2, 0.25) is 11.8 Å². The Balaban J connectivity index is 1.63. The van der Waals surface area contributed by atoms with E-state index in [2.05, 4.69) is 11.7 Å². The molecule has 2 aliphatic heterocycles. The molecule has 170 valence electrons. The highest BCUT2D eigenvalue weighted by molar-refractivity contribution is 5.88. The lowest BCUT2D eigenvalue weighted by Crippen LogP contribution is -2.50. The maximum absolute atomic E-state index is 14.4. The molecule has 0 bridgehead atoms. The largest absolute Gasteiger partial charge is 0.377 e. The Morgan fingerprint density at radius 1 is 1.25 bits per heavy atom. The van der Waals surface area contributed by atoms with E-state index in [-0.39, 0.29) is 29.6 Å². The van der Waals surface area contributed by atoms with Gasteiger partial charge in [0.25, 0.3) is 0 Å². The number of aromatic nitrogens is 2. The second kappa shape index (κ2) is 9.24. The summed E-state index contributed by atoms with van der Waals surface area (Å²) in [6.07, 6.45) is 2.83. The minimum absolute atomic E-state index is 0.0253. The summed E-state index contributed by atoms with van der Waals surface area (Å²) in [6.45, 7) is 9.67. The normalized spacial score (nSPS) is 21.5. The molecule has 0 saturated carbocycles. The molecule has 2 saturated heterocycles. The van der Waals surface area contributed by atoms with Crippen molar-refractivity contribution < 1.29 is 18.7 Å². The van der Waals surface area contributed by atoms with Crippen molar-refractivity contribution in [2.24, 2.45) is 5.92 Å². The van der Waals surface area contributed by atoms with Gasteiger partial charge in [0.05, 0.1) is 30.9 Å². The van der Waals surface area contributed by atoms with Gasteiger partial charge >= 0.3 is 0 Å². The predicted octanol–water partition coefficient (Wildman–Crippen LogP) is 2.95. The number of ether oxygens (including phenoxy) is 1. The number of nitrogens with zero attached hydrogens (tertiary/aromatic N) is 4. The molecule has 2 aliphatic rings. The third-order valence-corrected chi connectivity index (χ3v) is 6.43. The van der Waals surface area contributed by atoms with Crippen molar-refractivity contribution in [1.29, 1.82) is 0 Å². The van der Waals surface area contributed by atoms with Gasteiger partial charge in [-0.2, -0.15) is 5.10 Å². The van der Waals surface area contributed by atoms with Crippen LogP contribution in [0.3, 0.4) is 0 Å². The van der Waals surface area contributed by atoms with Crippen molar-refractivity contribution in [1.82, 2.24) is 19.6 Å². The van der Waals surface area contributed by atoms with Crippen LogP contribution in [0.2, 0.25) is 0 Å². The Kier molecular flexibility index (Phi) is 6.41. The lowest BCUT2D eigenvalue weighted by molar-refractivity contribution is -0.147. The van der Waals surface area contributed by atoms with Crippen LogP contribution in [0.1, 0.15) is 35.8 Å². The number of carbonyl (C=O) groups is 2. The van der Waals surface area contributed by atoms with Crippen LogP contribution in [0.4, 0.5) is 4.39 Å². The van der Waals surface area contributed by atoms with Crippen LogP contribution in [-0.2, 0) is 14.3 Å². The monoisotopic (exact) mass is 440 g/mol. The second-order valence-electron chi connectivity index (χ2n) is 8.40. The lowest BCUT2D eigenvalue weighted by Gasteiger charge is -2.40. The van der Waals surface area contributed by atoms with Gasteiger partial charge in [0.15, 0.2) is 0 Å². The molecule has 0 spiro atoms. The number of likely N-dealkylation sites (tertiary alicyclic amines) is 1. The number of hydrogen-bond acceptors (Lipinski definition) is 4. The summed E-state index contributed by atoms with van der Waals surface area (Å²) in [6, 6.07) is 6.21. The van der Waals surface area contributed by atoms with Gasteiger partial charge in [0, 0.05) is 30.9 Å². The minimum atomic E-state index is -0.355. The summed E-state index contributed by atoms with van der Waals surface area (Å²) < 4.78 is 21.8. The molecule has 2 aromatic rings. The molecule has 8 heteroatoms. The van der Waals surface area contributed by atoms with Crippen LogP contribution >= 0.6 is 0 Å². The Hall–Kier alpha value is -3.00. The summed E-state index contributed by atoms with van der Waals surface area (Å²) in [5.74, 6) is -0.724. The van der Waals surface area contributed by atoms with Crippen molar-refractivity contribution in [3.63, 3.8) is 0 Å². The second-order valence-corrected chi connectivity index (χ2v) is 8.40. The molecule has 0 N–H and O–H groups in total. The number of piperidine rings is 1. The van der Waals surface area contributed by atoms with Gasteiger partial charge in [-0.05, 0) is 44.9 Å². The number of aryl methyl sites for hydroxylation is 1. The quantitative estimate of drug-likeness (QED) is 0.686. The zero-order chi connectivity index (χ0) is 22.8. The number of hydrogen-bond donors (Lipinski definition) is 0. The van der Waals surface area contributed by atoms with E-state index in [0.29, 0.717) is 38.5 Å². The summed E-state index contributed by atoms with van der Waals surface area (Å²) in [4.78, 5) is 29.2. The summed E-state index contributed by atoms with van der Waals surface area (Å²) in [7, 11) is 0. The summed E-state index contributed by atoms with van der Waals surface area (Å²) in [5.41, 5.74) is 2.79. The fraction of sp³-hybridized carbons (Fsp3) is 0.458. The smallest absolute Gasteiger partial charge is 0.245 e. The Morgan fingerprint density at radius 2 is 2.03 bits per heavy atom. The molecule has 4 rings (SSSR count). The van der Waals surface area contributed by atoms with Crippen molar-refractivity contribution in [3.05, 3.63) is 59.7 Å². The first-order valence-electron chi connectivity index (χ1n) is 11.0. The average Bonchev–Trinajstić information content (AvgIpc) is 3.11. The van der Waals surface area contributed by atoms with Gasteiger partial charge in [-0.15, -0.1) is 0 Å². The van der Waals surface area contributed by atoms with Crippen LogP contribution in [0.5, 0.6) is 0 Å². The Labute approximate surface area is 187 Å². The third kappa shape index (κ3) is 4.07. The third-order valence-electron chi connectivity index (χ3n) is 6.43. The number of rotatable bonds is 4. The number of para-hydroxylation sites is 1. The Morgan fingerprint density at radius 3 is 2.78 bits per heavy atom. The van der Waals surface area contributed by atoms with Crippen LogP contribution in [0.15, 0.2) is 36.9 Å². The fourth-order valence-corrected chi connectivity index (χ4v) is 4.84. The van der Waals surface area contributed by atoms with Crippen molar-refractivity contribution in [2.75, 3.05) is 32.8 Å². The molecule has 32 heavy (non-hydrogen) atoms. The number of amides is 2. The highest BCUT2D eigenvalue weighted by Crippen LogP contribution is 2.33. The van der Waals surface area contributed by atoms with Crippen molar-refractivity contribution in [2.45, 2.75) is 32.7 Å². The first-order chi connectivity index (χ1) is 15.4. The van der Waals surface area contributed by atoms with E-state index < -0.39 is 0 Å². The Bertz CT molecular complexity index is 1030. The molecular formula is C24H29FN4O3. The van der Waals surface area contributed by atoms with E-state index in [9.17, 15) is 14.0 Å². The maximum Gasteiger partial charge on any atom is 0.245 e. The average molecular weight is 441 g/mol. The molecule has 3 heterocycles. The van der Waals surface area contributed by atoms with E-state index >= 15 is 0 Å². The summed E-state index contributed by atoms with van der Waals surface area (Å²) in [5, 5.41) is 4.59. The first-order valence-corrected chi connectivity index (χ1v) is 11.0. The molecular weight excluding hydrogens is 411 g/mol. The van der Waals surface area contributed by atoms with Crippen LogP contribution in [0.25, 0.3) is 5.69 Å². The predicted molar refractivity (Wildman–Crippen MR) is 118 cm³/mol. The van der Waals surface area contributed by atoms with Crippen molar-refractivity contribution in [3.8, 4) is 5.69 Å². The zero-order valence-electron chi connectivity index (χ0n) is 18.6. The van der Waals surface area contributed by atoms with Crippen molar-refractivity contribution >= 4 is 11.8 Å². The molecule has 2 amide bonds. The minimum Gasteiger partial charge on any atom is -0.377 e. The van der Waals surface area contributed by atoms with E-state index in [0.717, 1.165) is 29.8 Å². The molecule has 0 radical (unpaired) electrons. The number of benzene rings is 1. The topological polar surface area (TPSA) is 67.7 Å². The van der Waals surface area contributed by atoms with Crippen LogP contribution in [-0.4, -0.2) is 64.2 Å². The van der Waals surface area contributed by atoms with E-state index in [1.807, 2.05) is 18.7 Å². The molecule has 1 aromatic heterocycles. The van der Waals surface area contributed by atoms with Gasteiger partial charge < -0.3 is 14.5 Å². The molecule has 2 fully saturated rings.